The molecular formula is C14H23N3O. The van der Waals surface area contributed by atoms with E-state index in [0.717, 1.165) is 31.9 Å². The topological polar surface area (TPSA) is 46.2 Å². The van der Waals surface area contributed by atoms with Gasteiger partial charge in [-0.3, -0.25) is 4.98 Å². The molecule has 0 amide bonds. The van der Waals surface area contributed by atoms with Gasteiger partial charge in [0.1, 0.15) is 5.75 Å². The minimum Gasteiger partial charge on any atom is -0.492 e. The molecule has 1 fully saturated rings. The number of pyridine rings is 1. The summed E-state index contributed by atoms with van der Waals surface area (Å²) >= 11 is 0. The Morgan fingerprint density at radius 3 is 3.11 bits per heavy atom. The van der Waals surface area contributed by atoms with E-state index in [1.165, 1.54) is 6.42 Å². The van der Waals surface area contributed by atoms with Crippen LogP contribution in [0, 0.1) is 0 Å². The molecule has 1 aromatic heterocycles. The van der Waals surface area contributed by atoms with Crippen LogP contribution in [-0.4, -0.2) is 36.3 Å². The first-order valence-electron chi connectivity index (χ1n) is 6.70. The molecule has 4 heteroatoms. The van der Waals surface area contributed by atoms with Gasteiger partial charge < -0.3 is 15.4 Å². The van der Waals surface area contributed by atoms with Crippen LogP contribution in [0.2, 0.25) is 0 Å². The molecule has 2 rings (SSSR count). The van der Waals surface area contributed by atoms with Gasteiger partial charge in [-0.15, -0.1) is 0 Å². The minimum absolute atomic E-state index is 0.213. The minimum atomic E-state index is 0.213. The lowest BCUT2D eigenvalue weighted by Gasteiger charge is -2.28. The van der Waals surface area contributed by atoms with Crippen molar-refractivity contribution in [1.82, 2.24) is 15.6 Å². The third-order valence-corrected chi connectivity index (χ3v) is 3.50. The predicted molar refractivity (Wildman–Crippen MR) is 72.8 cm³/mol. The number of rotatable bonds is 6. The highest BCUT2D eigenvalue weighted by atomic mass is 16.5. The van der Waals surface area contributed by atoms with E-state index >= 15 is 0 Å². The first-order valence-corrected chi connectivity index (χ1v) is 6.70. The van der Waals surface area contributed by atoms with Gasteiger partial charge in [0.25, 0.3) is 0 Å². The van der Waals surface area contributed by atoms with Crippen molar-refractivity contribution < 1.29 is 4.74 Å². The lowest BCUT2D eigenvalue weighted by Crippen LogP contribution is -2.49. The van der Waals surface area contributed by atoms with Crippen molar-refractivity contribution in [3.63, 3.8) is 0 Å². The number of nitrogens with one attached hydrogen (secondary N) is 2. The summed E-state index contributed by atoms with van der Waals surface area (Å²) in [5, 5.41) is 7.11. The Morgan fingerprint density at radius 1 is 1.56 bits per heavy atom. The lowest BCUT2D eigenvalue weighted by molar-refractivity contribution is 0.292. The summed E-state index contributed by atoms with van der Waals surface area (Å²) in [6.07, 6.45) is 5.72. The third-order valence-electron chi connectivity index (χ3n) is 3.50. The fourth-order valence-electron chi connectivity index (χ4n) is 2.35. The van der Waals surface area contributed by atoms with Gasteiger partial charge in [0.05, 0.1) is 12.8 Å². The zero-order valence-electron chi connectivity index (χ0n) is 11.3. The summed E-state index contributed by atoms with van der Waals surface area (Å²) < 4.78 is 5.60. The van der Waals surface area contributed by atoms with Gasteiger partial charge in [-0.1, -0.05) is 0 Å². The second-order valence-corrected chi connectivity index (χ2v) is 5.33. The van der Waals surface area contributed by atoms with Crippen LogP contribution in [0.15, 0.2) is 24.5 Å². The van der Waals surface area contributed by atoms with Crippen LogP contribution < -0.4 is 15.4 Å². The number of aromatic nitrogens is 1. The van der Waals surface area contributed by atoms with E-state index in [1.54, 1.807) is 12.4 Å². The number of hydrogen-bond acceptors (Lipinski definition) is 4. The van der Waals surface area contributed by atoms with Gasteiger partial charge in [0.2, 0.25) is 0 Å². The van der Waals surface area contributed by atoms with Crippen molar-refractivity contribution in [2.45, 2.75) is 38.3 Å². The molecule has 100 valence electrons. The molecule has 2 N–H and O–H groups in total. The molecule has 1 unspecified atom stereocenters. The summed E-state index contributed by atoms with van der Waals surface area (Å²) in [5.41, 5.74) is 0.213. The van der Waals surface area contributed by atoms with Crippen LogP contribution in [0.5, 0.6) is 5.75 Å². The molecule has 4 nitrogen and oxygen atoms in total. The molecule has 18 heavy (non-hydrogen) atoms. The molecule has 1 atom stereocenters. The number of ether oxygens (including phenoxy) is 1. The molecule has 1 saturated heterocycles. The zero-order valence-corrected chi connectivity index (χ0v) is 11.3. The van der Waals surface area contributed by atoms with E-state index in [9.17, 15) is 0 Å². The highest BCUT2D eigenvalue weighted by molar-refractivity contribution is 5.15. The Hall–Kier alpha value is -1.13. The second-order valence-electron chi connectivity index (χ2n) is 5.33. The molecule has 1 aliphatic heterocycles. The molecule has 0 aliphatic carbocycles. The highest BCUT2D eigenvalue weighted by Gasteiger charge is 2.33. The maximum Gasteiger partial charge on any atom is 0.137 e. The summed E-state index contributed by atoms with van der Waals surface area (Å²) in [7, 11) is 0. The zero-order chi connectivity index (χ0) is 12.8. The standard InChI is InChI=1S/C14H23N3O/c1-14(2)13(6-9-17-14)16-8-4-10-18-12-5-3-7-15-11-12/h3,5,7,11,13,16-17H,4,6,8-10H2,1-2H3. The first kappa shape index (κ1) is 13.3. The van der Waals surface area contributed by atoms with Crippen LogP contribution in [0.25, 0.3) is 0 Å². The molecule has 0 bridgehead atoms. The van der Waals surface area contributed by atoms with E-state index < -0.39 is 0 Å². The molecule has 1 aromatic rings. The fraction of sp³-hybridized carbons (Fsp3) is 0.643. The van der Waals surface area contributed by atoms with Crippen LogP contribution in [0.1, 0.15) is 26.7 Å². The average molecular weight is 249 g/mol. The Bertz CT molecular complexity index is 353. The number of nitrogens with zero attached hydrogens (tertiary/aromatic N) is 1. The quantitative estimate of drug-likeness (QED) is 0.751. The van der Waals surface area contributed by atoms with Crippen LogP contribution in [0.4, 0.5) is 0 Å². The Kier molecular flexibility index (Phi) is 4.55. The molecule has 1 aliphatic rings. The average Bonchev–Trinajstić information content (AvgIpc) is 2.70. The lowest BCUT2D eigenvalue weighted by atomic mass is 9.97. The van der Waals surface area contributed by atoms with Crippen molar-refractivity contribution >= 4 is 0 Å². The SMILES string of the molecule is CC1(C)NCCC1NCCCOc1cccnc1. The van der Waals surface area contributed by atoms with Gasteiger partial charge in [-0.25, -0.2) is 0 Å². The molecule has 0 saturated carbocycles. The third kappa shape index (κ3) is 3.68. The maximum absolute atomic E-state index is 5.60. The van der Waals surface area contributed by atoms with Gasteiger partial charge >= 0.3 is 0 Å². The van der Waals surface area contributed by atoms with Crippen molar-refractivity contribution in [1.29, 1.82) is 0 Å². The molecule has 0 radical (unpaired) electrons. The Balaban J connectivity index is 1.59. The van der Waals surface area contributed by atoms with E-state index in [4.69, 9.17) is 4.74 Å². The molecular weight excluding hydrogens is 226 g/mol. The largest absolute Gasteiger partial charge is 0.492 e. The van der Waals surface area contributed by atoms with E-state index in [1.807, 2.05) is 12.1 Å². The summed E-state index contributed by atoms with van der Waals surface area (Å²) in [4.78, 5) is 4.02. The van der Waals surface area contributed by atoms with Crippen molar-refractivity contribution in [3.05, 3.63) is 24.5 Å². The van der Waals surface area contributed by atoms with E-state index in [2.05, 4.69) is 29.5 Å². The van der Waals surface area contributed by atoms with Crippen molar-refractivity contribution in [2.75, 3.05) is 19.7 Å². The van der Waals surface area contributed by atoms with Crippen molar-refractivity contribution in [3.8, 4) is 5.75 Å². The second kappa shape index (κ2) is 6.16. The Morgan fingerprint density at radius 2 is 2.44 bits per heavy atom. The van der Waals surface area contributed by atoms with Gasteiger partial charge in [0.15, 0.2) is 0 Å². The first-order chi connectivity index (χ1) is 8.68. The monoisotopic (exact) mass is 249 g/mol. The van der Waals surface area contributed by atoms with Crippen LogP contribution in [0.3, 0.4) is 0 Å². The van der Waals surface area contributed by atoms with Gasteiger partial charge in [0, 0.05) is 17.8 Å². The normalized spacial score (nSPS) is 22.0. The van der Waals surface area contributed by atoms with E-state index in [0.29, 0.717) is 6.04 Å². The number of hydrogen-bond donors (Lipinski definition) is 2. The maximum atomic E-state index is 5.60. The van der Waals surface area contributed by atoms with Crippen LogP contribution >= 0.6 is 0 Å². The predicted octanol–water partition coefficient (Wildman–Crippen LogP) is 1.58. The molecule has 0 spiro atoms. The molecule has 0 aromatic carbocycles. The summed E-state index contributed by atoms with van der Waals surface area (Å²) in [6, 6.07) is 4.39. The van der Waals surface area contributed by atoms with Crippen LogP contribution in [-0.2, 0) is 0 Å². The van der Waals surface area contributed by atoms with Gasteiger partial charge in [-0.2, -0.15) is 0 Å². The smallest absolute Gasteiger partial charge is 0.137 e. The van der Waals surface area contributed by atoms with Gasteiger partial charge in [-0.05, 0) is 51.9 Å². The fourth-order valence-corrected chi connectivity index (χ4v) is 2.35. The van der Waals surface area contributed by atoms with E-state index in [-0.39, 0.29) is 5.54 Å². The highest BCUT2D eigenvalue weighted by Crippen LogP contribution is 2.18. The molecule has 2 heterocycles. The van der Waals surface area contributed by atoms with Crippen molar-refractivity contribution in [2.24, 2.45) is 0 Å². The summed E-state index contributed by atoms with van der Waals surface area (Å²) in [5.74, 6) is 0.848. The Labute approximate surface area is 109 Å². The summed E-state index contributed by atoms with van der Waals surface area (Å²) in [6.45, 7) is 7.35.